The Bertz CT molecular complexity index is 429. The fraction of sp³-hybridized carbons (Fsp3) is 1.00. The van der Waals surface area contributed by atoms with E-state index in [4.69, 9.17) is 5.73 Å². The number of nitrogens with zero attached hydrogens (tertiary/aromatic N) is 1. The first kappa shape index (κ1) is 13.9. The number of hydrogen-bond acceptors (Lipinski definition) is 5. The molecule has 0 aromatic rings. The lowest BCUT2D eigenvalue weighted by atomic mass is 10.3. The Hall–Kier alpha value is -0.180. The number of rotatable bonds is 5. The zero-order valence-electron chi connectivity index (χ0n) is 9.29. The Morgan fingerprint density at radius 2 is 2.06 bits per heavy atom. The van der Waals surface area contributed by atoms with Crippen LogP contribution in [0.25, 0.3) is 0 Å². The molecule has 0 saturated carbocycles. The van der Waals surface area contributed by atoms with E-state index < -0.39 is 25.9 Å². The molecule has 8 heteroatoms. The lowest BCUT2D eigenvalue weighted by molar-refractivity contribution is 0.354. The molecule has 16 heavy (non-hydrogen) atoms. The monoisotopic (exact) mass is 270 g/mol. The van der Waals surface area contributed by atoms with Crippen LogP contribution in [0.15, 0.2) is 0 Å². The molecule has 0 radical (unpaired) electrons. The van der Waals surface area contributed by atoms with Gasteiger partial charge in [-0.15, -0.1) is 0 Å². The summed E-state index contributed by atoms with van der Waals surface area (Å²) in [5.74, 6) is -0.117. The number of nitrogens with two attached hydrogens (primary N) is 1. The largest absolute Gasteiger partial charge is 0.329 e. The summed E-state index contributed by atoms with van der Waals surface area (Å²) in [6.07, 6.45) is 0.389. The van der Waals surface area contributed by atoms with Crippen molar-refractivity contribution in [2.75, 3.05) is 30.3 Å². The summed E-state index contributed by atoms with van der Waals surface area (Å²) < 4.78 is 47.5. The third-order valence-corrected chi connectivity index (χ3v) is 6.43. The van der Waals surface area contributed by atoms with Crippen molar-refractivity contribution in [3.05, 3.63) is 0 Å². The first-order valence-electron chi connectivity index (χ1n) is 5.22. The molecule has 0 amide bonds. The van der Waals surface area contributed by atoms with Crippen molar-refractivity contribution in [1.82, 2.24) is 4.31 Å². The quantitative estimate of drug-likeness (QED) is 0.675. The average molecular weight is 270 g/mol. The van der Waals surface area contributed by atoms with E-state index in [-0.39, 0.29) is 23.8 Å². The molecule has 1 rings (SSSR count). The van der Waals surface area contributed by atoms with E-state index >= 15 is 0 Å². The molecule has 1 aliphatic heterocycles. The maximum absolute atomic E-state index is 11.8. The van der Waals surface area contributed by atoms with Crippen molar-refractivity contribution in [3.8, 4) is 0 Å². The summed E-state index contributed by atoms with van der Waals surface area (Å²) in [7, 11) is -6.48. The Morgan fingerprint density at radius 1 is 1.44 bits per heavy atom. The maximum Gasteiger partial charge on any atom is 0.215 e. The van der Waals surface area contributed by atoms with Gasteiger partial charge in [-0.25, -0.2) is 16.8 Å². The summed E-state index contributed by atoms with van der Waals surface area (Å²) >= 11 is 0. The Morgan fingerprint density at radius 3 is 2.44 bits per heavy atom. The SMILES string of the molecule is CCN(C1CCS(=O)(=O)C1)S(=O)(=O)CCN. The lowest BCUT2D eigenvalue weighted by Crippen LogP contribution is -2.43. The Balaban J connectivity index is 2.85. The predicted octanol–water partition coefficient (Wildman–Crippen LogP) is -1.22. The molecule has 6 nitrogen and oxygen atoms in total. The third kappa shape index (κ3) is 3.16. The molecule has 0 aromatic carbocycles. The molecular weight excluding hydrogens is 252 g/mol. The highest BCUT2D eigenvalue weighted by molar-refractivity contribution is 7.92. The summed E-state index contributed by atoms with van der Waals surface area (Å²) in [5, 5.41) is 0. The highest BCUT2D eigenvalue weighted by Crippen LogP contribution is 2.20. The summed E-state index contributed by atoms with van der Waals surface area (Å²) in [6, 6.07) is -0.411. The molecule has 1 fully saturated rings. The van der Waals surface area contributed by atoms with Gasteiger partial charge in [0, 0.05) is 19.1 Å². The standard InChI is InChI=1S/C8H18N2O4S2/c1-2-10(16(13,14)6-4-9)8-3-5-15(11,12)7-8/h8H,2-7,9H2,1H3. The van der Waals surface area contributed by atoms with Crippen LogP contribution in [0, 0.1) is 0 Å². The van der Waals surface area contributed by atoms with Crippen LogP contribution >= 0.6 is 0 Å². The average Bonchev–Trinajstić information content (AvgIpc) is 2.46. The highest BCUT2D eigenvalue weighted by atomic mass is 32.2. The van der Waals surface area contributed by atoms with Crippen molar-refractivity contribution in [1.29, 1.82) is 0 Å². The zero-order valence-corrected chi connectivity index (χ0v) is 10.9. The first-order valence-corrected chi connectivity index (χ1v) is 8.65. The summed E-state index contributed by atoms with van der Waals surface area (Å²) in [6.45, 7) is 2.06. The minimum Gasteiger partial charge on any atom is -0.329 e. The fourth-order valence-corrected chi connectivity index (χ4v) is 5.34. The van der Waals surface area contributed by atoms with E-state index in [1.54, 1.807) is 6.92 Å². The number of hydrogen-bond donors (Lipinski definition) is 1. The first-order chi connectivity index (χ1) is 7.32. The van der Waals surface area contributed by atoms with Gasteiger partial charge in [-0.3, -0.25) is 0 Å². The van der Waals surface area contributed by atoms with Crippen molar-refractivity contribution < 1.29 is 16.8 Å². The fourth-order valence-electron chi connectivity index (χ4n) is 1.95. The molecular formula is C8H18N2O4S2. The molecule has 0 aliphatic carbocycles. The van der Waals surface area contributed by atoms with E-state index in [0.717, 1.165) is 0 Å². The van der Waals surface area contributed by atoms with Gasteiger partial charge in [-0.1, -0.05) is 6.92 Å². The van der Waals surface area contributed by atoms with Crippen molar-refractivity contribution in [2.45, 2.75) is 19.4 Å². The van der Waals surface area contributed by atoms with Crippen LogP contribution in [-0.4, -0.2) is 57.5 Å². The van der Waals surface area contributed by atoms with Crippen LogP contribution in [0.2, 0.25) is 0 Å². The molecule has 96 valence electrons. The summed E-state index contributed by atoms with van der Waals surface area (Å²) in [4.78, 5) is 0. The molecule has 1 aliphatic rings. The topological polar surface area (TPSA) is 97.5 Å². The Labute approximate surface area is 96.8 Å². The minimum absolute atomic E-state index is 0.0539. The third-order valence-electron chi connectivity index (χ3n) is 2.66. The summed E-state index contributed by atoms with van der Waals surface area (Å²) in [5.41, 5.74) is 5.24. The highest BCUT2D eigenvalue weighted by Gasteiger charge is 2.36. The minimum atomic E-state index is -3.41. The molecule has 1 heterocycles. The second-order valence-corrected chi connectivity index (χ2v) is 8.13. The van der Waals surface area contributed by atoms with Gasteiger partial charge in [0.1, 0.15) is 0 Å². The molecule has 1 atom stereocenters. The molecule has 1 unspecified atom stereocenters. The second kappa shape index (κ2) is 4.99. The predicted molar refractivity (Wildman–Crippen MR) is 62.3 cm³/mol. The maximum atomic E-state index is 11.8. The van der Waals surface area contributed by atoms with Gasteiger partial charge in [0.05, 0.1) is 17.3 Å². The van der Waals surface area contributed by atoms with E-state index in [1.807, 2.05) is 0 Å². The van der Waals surface area contributed by atoms with E-state index in [9.17, 15) is 16.8 Å². The van der Waals surface area contributed by atoms with Crippen LogP contribution < -0.4 is 5.73 Å². The Kier molecular flexibility index (Phi) is 4.33. The lowest BCUT2D eigenvalue weighted by Gasteiger charge is -2.25. The van der Waals surface area contributed by atoms with Gasteiger partial charge in [-0.2, -0.15) is 4.31 Å². The van der Waals surface area contributed by atoms with Gasteiger partial charge in [-0.05, 0) is 6.42 Å². The van der Waals surface area contributed by atoms with Crippen molar-refractivity contribution >= 4 is 19.9 Å². The van der Waals surface area contributed by atoms with Crippen molar-refractivity contribution in [3.63, 3.8) is 0 Å². The molecule has 1 saturated heterocycles. The van der Waals surface area contributed by atoms with Crippen LogP contribution in [-0.2, 0) is 19.9 Å². The molecule has 2 N–H and O–H groups in total. The van der Waals surface area contributed by atoms with E-state index in [1.165, 1.54) is 4.31 Å². The van der Waals surface area contributed by atoms with E-state index in [0.29, 0.717) is 13.0 Å². The zero-order chi connectivity index (χ0) is 12.4. The smallest absolute Gasteiger partial charge is 0.215 e. The van der Waals surface area contributed by atoms with Gasteiger partial charge >= 0.3 is 0 Å². The van der Waals surface area contributed by atoms with Gasteiger partial charge in [0.15, 0.2) is 9.84 Å². The van der Waals surface area contributed by atoms with Crippen LogP contribution in [0.4, 0.5) is 0 Å². The number of sulfone groups is 1. The molecule has 0 spiro atoms. The molecule has 0 bridgehead atoms. The van der Waals surface area contributed by atoms with Gasteiger partial charge in [0.25, 0.3) is 0 Å². The van der Waals surface area contributed by atoms with Crippen LogP contribution in [0.3, 0.4) is 0 Å². The van der Waals surface area contributed by atoms with Crippen molar-refractivity contribution in [2.24, 2.45) is 5.73 Å². The van der Waals surface area contributed by atoms with Crippen LogP contribution in [0.1, 0.15) is 13.3 Å². The van der Waals surface area contributed by atoms with E-state index in [2.05, 4.69) is 0 Å². The van der Waals surface area contributed by atoms with Gasteiger partial charge in [0.2, 0.25) is 10.0 Å². The van der Waals surface area contributed by atoms with Crippen LogP contribution in [0.5, 0.6) is 0 Å². The molecule has 0 aromatic heterocycles. The number of sulfonamides is 1. The van der Waals surface area contributed by atoms with Gasteiger partial charge < -0.3 is 5.73 Å². The normalized spacial score (nSPS) is 25.1. The second-order valence-electron chi connectivity index (χ2n) is 3.86.